The fraction of sp³-hybridized carbons (Fsp3) is 0.917. The first-order valence-electron chi connectivity index (χ1n) is 6.33. The Morgan fingerprint density at radius 2 is 1.80 bits per heavy atom. The molecular weight excluding hydrogens is 188 g/mol. The minimum atomic E-state index is 0.297. The predicted molar refractivity (Wildman–Crippen MR) is 58.4 cm³/mol. The molecule has 2 aliphatic carbocycles. The Morgan fingerprint density at radius 1 is 1.20 bits per heavy atom. The Labute approximate surface area is 91.0 Å². The summed E-state index contributed by atoms with van der Waals surface area (Å²) >= 11 is 0. The van der Waals surface area contributed by atoms with Gasteiger partial charge in [0.25, 0.3) is 0 Å². The number of amides is 1. The van der Waals surface area contributed by atoms with Crippen LogP contribution >= 0.6 is 0 Å². The van der Waals surface area contributed by atoms with Gasteiger partial charge in [-0.1, -0.05) is 0 Å². The van der Waals surface area contributed by atoms with E-state index in [0.29, 0.717) is 17.9 Å². The van der Waals surface area contributed by atoms with E-state index < -0.39 is 0 Å². The topological polar surface area (TPSA) is 41.1 Å². The lowest BCUT2D eigenvalue weighted by Crippen LogP contribution is -2.46. The van der Waals surface area contributed by atoms with E-state index in [1.54, 1.807) is 0 Å². The fourth-order valence-electron chi connectivity index (χ4n) is 2.53. The second kappa shape index (κ2) is 3.78. The first kappa shape index (κ1) is 9.64. The van der Waals surface area contributed by atoms with Crippen molar-refractivity contribution >= 4 is 5.91 Å². The molecule has 84 valence electrons. The molecule has 3 nitrogen and oxygen atoms in total. The molecule has 2 N–H and O–H groups in total. The fourth-order valence-corrected chi connectivity index (χ4v) is 2.53. The molecule has 2 saturated carbocycles. The molecule has 0 aromatic heterocycles. The summed E-state index contributed by atoms with van der Waals surface area (Å²) in [6.07, 6.45) is 6.10. The monoisotopic (exact) mass is 208 g/mol. The highest BCUT2D eigenvalue weighted by molar-refractivity contribution is 5.76. The molecule has 0 radical (unpaired) electrons. The van der Waals surface area contributed by atoms with E-state index in [1.165, 1.54) is 25.7 Å². The third kappa shape index (κ3) is 2.33. The molecule has 0 spiro atoms. The second-order valence-electron chi connectivity index (χ2n) is 5.50. The van der Waals surface area contributed by atoms with Gasteiger partial charge in [-0.25, -0.2) is 0 Å². The Hall–Kier alpha value is -0.570. The number of hydrogen-bond acceptors (Lipinski definition) is 2. The van der Waals surface area contributed by atoms with Crippen LogP contribution in [-0.2, 0) is 4.79 Å². The zero-order valence-electron chi connectivity index (χ0n) is 9.17. The molecule has 15 heavy (non-hydrogen) atoms. The van der Waals surface area contributed by atoms with E-state index >= 15 is 0 Å². The molecule has 3 aliphatic rings. The minimum Gasteiger partial charge on any atom is -0.353 e. The lowest BCUT2D eigenvalue weighted by molar-refractivity contribution is -0.123. The van der Waals surface area contributed by atoms with Gasteiger partial charge in [-0.15, -0.1) is 0 Å². The van der Waals surface area contributed by atoms with Crippen LogP contribution in [0.3, 0.4) is 0 Å². The number of hydrogen-bond donors (Lipinski definition) is 2. The average Bonchev–Trinajstić information content (AvgIpc) is 3.00. The summed E-state index contributed by atoms with van der Waals surface area (Å²) < 4.78 is 0. The third-order valence-corrected chi connectivity index (χ3v) is 3.93. The third-order valence-electron chi connectivity index (χ3n) is 3.93. The maximum absolute atomic E-state index is 11.8. The second-order valence-corrected chi connectivity index (χ2v) is 5.50. The Bertz CT molecular complexity index is 242. The number of rotatable bonds is 5. The molecule has 1 heterocycles. The first-order valence-corrected chi connectivity index (χ1v) is 6.33. The average molecular weight is 208 g/mol. The summed E-state index contributed by atoms with van der Waals surface area (Å²) in [5, 5.41) is 6.48. The predicted octanol–water partition coefficient (Wildman–Crippen LogP) is 0.901. The summed E-state index contributed by atoms with van der Waals surface area (Å²) in [7, 11) is 0. The SMILES string of the molecule is O=C(CC1CNC1)NC(C1CC1)C1CC1. The lowest BCUT2D eigenvalue weighted by atomic mass is 9.98. The van der Waals surface area contributed by atoms with Gasteiger partial charge in [0.2, 0.25) is 5.91 Å². The quantitative estimate of drug-likeness (QED) is 0.705. The van der Waals surface area contributed by atoms with E-state index in [-0.39, 0.29) is 0 Å². The maximum atomic E-state index is 11.8. The maximum Gasteiger partial charge on any atom is 0.220 e. The summed E-state index contributed by atoms with van der Waals surface area (Å²) in [4.78, 5) is 11.8. The highest BCUT2D eigenvalue weighted by Gasteiger charge is 2.42. The Balaban J connectivity index is 1.46. The van der Waals surface area contributed by atoms with Gasteiger partial charge in [-0.3, -0.25) is 4.79 Å². The van der Waals surface area contributed by atoms with Crippen LogP contribution in [0.15, 0.2) is 0 Å². The van der Waals surface area contributed by atoms with Crippen LogP contribution in [0.25, 0.3) is 0 Å². The minimum absolute atomic E-state index is 0.297. The van der Waals surface area contributed by atoms with E-state index in [0.717, 1.165) is 31.3 Å². The molecule has 0 unspecified atom stereocenters. The number of carbonyl (C=O) groups excluding carboxylic acids is 1. The normalized spacial score (nSPS) is 26.5. The van der Waals surface area contributed by atoms with Crippen molar-refractivity contribution in [3.8, 4) is 0 Å². The highest BCUT2D eigenvalue weighted by Crippen LogP contribution is 2.44. The molecule has 3 heteroatoms. The molecule has 0 bridgehead atoms. The smallest absolute Gasteiger partial charge is 0.220 e. The van der Waals surface area contributed by atoms with Crippen LogP contribution in [0.2, 0.25) is 0 Å². The number of carbonyl (C=O) groups is 1. The molecule has 1 aliphatic heterocycles. The van der Waals surface area contributed by atoms with Gasteiger partial charge in [-0.2, -0.15) is 0 Å². The van der Waals surface area contributed by atoms with Crippen molar-refractivity contribution in [2.24, 2.45) is 17.8 Å². The molecule has 0 aromatic carbocycles. The molecular formula is C12H20N2O. The van der Waals surface area contributed by atoms with Crippen molar-refractivity contribution in [1.29, 1.82) is 0 Å². The summed E-state index contributed by atoms with van der Waals surface area (Å²) in [5.74, 6) is 2.54. The summed E-state index contributed by atoms with van der Waals surface area (Å²) in [6, 6.07) is 0.533. The largest absolute Gasteiger partial charge is 0.353 e. The highest BCUT2D eigenvalue weighted by atomic mass is 16.1. The van der Waals surface area contributed by atoms with Crippen LogP contribution in [0.1, 0.15) is 32.1 Å². The van der Waals surface area contributed by atoms with Crippen LogP contribution in [0.5, 0.6) is 0 Å². The van der Waals surface area contributed by atoms with Crippen LogP contribution in [0.4, 0.5) is 0 Å². The molecule has 1 amide bonds. The Morgan fingerprint density at radius 3 is 2.20 bits per heavy atom. The molecule has 1 saturated heterocycles. The van der Waals surface area contributed by atoms with Gasteiger partial charge in [-0.05, 0) is 56.5 Å². The molecule has 3 fully saturated rings. The zero-order valence-corrected chi connectivity index (χ0v) is 9.17. The van der Waals surface area contributed by atoms with Crippen molar-refractivity contribution < 1.29 is 4.79 Å². The molecule has 0 atom stereocenters. The van der Waals surface area contributed by atoms with Gasteiger partial charge in [0.15, 0.2) is 0 Å². The van der Waals surface area contributed by atoms with Gasteiger partial charge in [0.05, 0.1) is 0 Å². The summed E-state index contributed by atoms with van der Waals surface area (Å²) in [5.41, 5.74) is 0. The number of nitrogens with one attached hydrogen (secondary N) is 2. The van der Waals surface area contributed by atoms with E-state index in [4.69, 9.17) is 0 Å². The van der Waals surface area contributed by atoms with Crippen molar-refractivity contribution in [2.45, 2.75) is 38.1 Å². The van der Waals surface area contributed by atoms with Gasteiger partial charge < -0.3 is 10.6 Å². The molecule has 0 aromatic rings. The van der Waals surface area contributed by atoms with E-state index in [1.807, 2.05) is 0 Å². The Kier molecular flexibility index (Phi) is 2.43. The van der Waals surface area contributed by atoms with Crippen molar-refractivity contribution in [3.05, 3.63) is 0 Å². The lowest BCUT2D eigenvalue weighted by Gasteiger charge is -2.27. The van der Waals surface area contributed by atoms with E-state index in [2.05, 4.69) is 10.6 Å². The van der Waals surface area contributed by atoms with Crippen molar-refractivity contribution in [3.63, 3.8) is 0 Å². The van der Waals surface area contributed by atoms with E-state index in [9.17, 15) is 4.79 Å². The van der Waals surface area contributed by atoms with Crippen LogP contribution < -0.4 is 10.6 Å². The zero-order chi connectivity index (χ0) is 10.3. The van der Waals surface area contributed by atoms with Crippen molar-refractivity contribution in [2.75, 3.05) is 13.1 Å². The summed E-state index contributed by atoms with van der Waals surface area (Å²) in [6.45, 7) is 2.07. The standard InChI is InChI=1S/C12H20N2O/c15-11(5-8-6-13-7-8)14-12(9-1-2-9)10-3-4-10/h8-10,12-13H,1-7H2,(H,14,15). The van der Waals surface area contributed by atoms with Crippen LogP contribution in [-0.4, -0.2) is 25.0 Å². The first-order chi connectivity index (χ1) is 7.33. The van der Waals surface area contributed by atoms with Gasteiger partial charge >= 0.3 is 0 Å². The van der Waals surface area contributed by atoms with Gasteiger partial charge in [0.1, 0.15) is 0 Å². The van der Waals surface area contributed by atoms with Crippen molar-refractivity contribution in [1.82, 2.24) is 10.6 Å². The van der Waals surface area contributed by atoms with Crippen LogP contribution in [0, 0.1) is 17.8 Å². The van der Waals surface area contributed by atoms with Gasteiger partial charge in [0, 0.05) is 12.5 Å². The molecule has 3 rings (SSSR count).